The quantitative estimate of drug-likeness (QED) is 0.245. The fraction of sp³-hybridized carbons (Fsp3) is 0.355. The van der Waals surface area contributed by atoms with Crippen LogP contribution in [0.3, 0.4) is 0 Å². The minimum Gasteiger partial charge on any atom is -0.490 e. The summed E-state index contributed by atoms with van der Waals surface area (Å²) in [6.45, 7) is 2.11. The summed E-state index contributed by atoms with van der Waals surface area (Å²) in [4.78, 5) is 13.3. The van der Waals surface area contributed by atoms with Crippen LogP contribution < -0.4 is 15.8 Å². The first-order valence-corrected chi connectivity index (χ1v) is 13.1. The Bertz CT molecular complexity index is 1200. The van der Waals surface area contributed by atoms with Gasteiger partial charge in [-0.25, -0.2) is 0 Å². The Balaban J connectivity index is 0.000000222. The lowest BCUT2D eigenvalue weighted by Gasteiger charge is -2.29. The van der Waals surface area contributed by atoms with Crippen LogP contribution >= 0.6 is 0 Å². The van der Waals surface area contributed by atoms with Gasteiger partial charge >= 0.3 is 0 Å². The van der Waals surface area contributed by atoms with E-state index in [-0.39, 0.29) is 6.10 Å². The van der Waals surface area contributed by atoms with Crippen LogP contribution in [0.2, 0.25) is 0 Å². The van der Waals surface area contributed by atoms with Crippen LogP contribution in [0.1, 0.15) is 64.3 Å². The van der Waals surface area contributed by atoms with Gasteiger partial charge < -0.3 is 20.7 Å². The molecule has 0 bridgehead atoms. The van der Waals surface area contributed by atoms with Crippen molar-refractivity contribution in [1.82, 2.24) is 10.2 Å². The molecule has 3 aromatic carbocycles. The van der Waals surface area contributed by atoms with E-state index >= 15 is 0 Å². The summed E-state index contributed by atoms with van der Waals surface area (Å²) in [5.41, 5.74) is 11.6. The fourth-order valence-corrected chi connectivity index (χ4v) is 5.07. The summed E-state index contributed by atoms with van der Waals surface area (Å²) in [6.07, 6.45) is 6.94. The second kappa shape index (κ2) is 12.7. The molecule has 0 saturated carbocycles. The molecule has 3 aromatic rings. The number of carbonyl (C=O) groups excluding carboxylic acids is 1. The van der Waals surface area contributed by atoms with E-state index in [1.165, 1.54) is 30.4 Å². The van der Waals surface area contributed by atoms with Crippen molar-refractivity contribution in [2.75, 3.05) is 32.9 Å². The summed E-state index contributed by atoms with van der Waals surface area (Å²) < 4.78 is 6.04. The van der Waals surface area contributed by atoms with E-state index in [1.807, 2.05) is 31.3 Å². The van der Waals surface area contributed by atoms with Crippen molar-refractivity contribution in [2.24, 2.45) is 0 Å². The monoisotopic (exact) mass is 498 g/mol. The number of nitrogens with zero attached hydrogens (tertiary/aromatic N) is 1. The molecule has 4 N–H and O–H groups in total. The molecule has 0 spiro atoms. The number of nitrogens with two attached hydrogens (primary N) is 1. The molecular weight excluding hydrogens is 460 g/mol. The van der Waals surface area contributed by atoms with E-state index < -0.39 is 0 Å². The predicted octanol–water partition coefficient (Wildman–Crippen LogP) is 5.25. The maximum atomic E-state index is 11.0. The summed E-state index contributed by atoms with van der Waals surface area (Å²) in [6, 6.07) is 21.8. The van der Waals surface area contributed by atoms with Crippen LogP contribution in [0.5, 0.6) is 5.75 Å². The van der Waals surface area contributed by atoms with Crippen molar-refractivity contribution in [3.63, 3.8) is 0 Å². The first kappa shape index (κ1) is 26.6. The smallest absolute Gasteiger partial charge is 0.150 e. The Morgan fingerprint density at radius 1 is 1.05 bits per heavy atom. The van der Waals surface area contributed by atoms with E-state index in [9.17, 15) is 4.79 Å². The Morgan fingerprint density at radius 2 is 1.78 bits per heavy atom. The molecule has 6 nitrogen and oxygen atoms in total. The average molecular weight is 499 g/mol. The number of benzene rings is 3. The van der Waals surface area contributed by atoms with Gasteiger partial charge in [-0.05, 0) is 99.8 Å². The highest BCUT2D eigenvalue weighted by atomic mass is 16.5. The number of aryl methyl sites for hydroxylation is 1. The Kier molecular flexibility index (Phi) is 9.09. The molecule has 1 saturated heterocycles. The second-order valence-corrected chi connectivity index (χ2v) is 9.92. The molecule has 37 heavy (non-hydrogen) atoms. The van der Waals surface area contributed by atoms with Crippen LogP contribution in [-0.4, -0.2) is 50.2 Å². The van der Waals surface area contributed by atoms with Gasteiger partial charge in [0.25, 0.3) is 0 Å². The van der Waals surface area contributed by atoms with E-state index in [0.717, 1.165) is 43.5 Å². The summed E-state index contributed by atoms with van der Waals surface area (Å²) >= 11 is 0. The highest BCUT2D eigenvalue weighted by Crippen LogP contribution is 2.28. The molecule has 1 aliphatic carbocycles. The lowest BCUT2D eigenvalue weighted by atomic mass is 9.88. The maximum Gasteiger partial charge on any atom is 0.150 e. The number of hydrogen-bond acceptors (Lipinski definition) is 6. The summed E-state index contributed by atoms with van der Waals surface area (Å²) in [5.74, 6) is 0.820. The Hall–Kier alpha value is -3.48. The first-order chi connectivity index (χ1) is 18.0. The molecule has 1 heterocycles. The third-order valence-corrected chi connectivity index (χ3v) is 7.31. The predicted molar refractivity (Wildman–Crippen MR) is 151 cm³/mol. The number of likely N-dealkylation sites (tertiary alicyclic amines) is 1. The van der Waals surface area contributed by atoms with Gasteiger partial charge in [-0.1, -0.05) is 24.3 Å². The van der Waals surface area contributed by atoms with Gasteiger partial charge in [0.2, 0.25) is 0 Å². The second-order valence-electron chi connectivity index (χ2n) is 9.92. The molecule has 194 valence electrons. The van der Waals surface area contributed by atoms with Crippen molar-refractivity contribution < 1.29 is 9.53 Å². The minimum atomic E-state index is 0.251. The zero-order chi connectivity index (χ0) is 26.2. The van der Waals surface area contributed by atoms with E-state index in [2.05, 4.69) is 41.5 Å². The molecule has 1 unspecified atom stereocenters. The molecule has 2 aliphatic rings. The lowest BCUT2D eigenvalue weighted by molar-refractivity contribution is 0.112. The number of rotatable bonds is 6. The topological polar surface area (TPSA) is 91.4 Å². The van der Waals surface area contributed by atoms with Gasteiger partial charge in [-0.2, -0.15) is 0 Å². The normalized spacial score (nSPS) is 17.7. The van der Waals surface area contributed by atoms with Gasteiger partial charge in [-0.3, -0.25) is 10.2 Å². The number of ether oxygens (including phenoxy) is 1. The summed E-state index contributed by atoms with van der Waals surface area (Å²) in [5, 5.41) is 11.7. The van der Waals surface area contributed by atoms with E-state index in [4.69, 9.17) is 15.9 Å². The number of aldehydes is 1. The molecule has 1 fully saturated rings. The summed E-state index contributed by atoms with van der Waals surface area (Å²) in [7, 11) is 4.18. The first-order valence-electron chi connectivity index (χ1n) is 13.1. The van der Waals surface area contributed by atoms with Crippen molar-refractivity contribution >= 4 is 17.7 Å². The molecule has 1 aliphatic heterocycles. The molecule has 6 heteroatoms. The van der Waals surface area contributed by atoms with Crippen LogP contribution in [-0.2, 0) is 6.42 Å². The standard InChI is InChI=1S/C20H23N3O2.C11H15N/c1-23-10-8-17(9-11-23)25-16-5-3-15(4-6-16)20(22)18-12-14(13-24)2-7-19(18)21;1-12-11-8-4-6-9-5-2-3-7-10(9)11/h2-7,12-13,17,22H,8-11,21H2,1H3;2-3,5,7,11-12H,4,6,8H2,1H3. The highest BCUT2D eigenvalue weighted by molar-refractivity contribution is 6.14. The number of hydrogen-bond donors (Lipinski definition) is 3. The van der Waals surface area contributed by atoms with Gasteiger partial charge in [0.05, 0.1) is 5.71 Å². The zero-order valence-corrected chi connectivity index (χ0v) is 21.9. The number of nitrogens with one attached hydrogen (secondary N) is 2. The van der Waals surface area contributed by atoms with E-state index in [0.29, 0.717) is 28.6 Å². The zero-order valence-electron chi connectivity index (χ0n) is 21.9. The van der Waals surface area contributed by atoms with E-state index in [1.54, 1.807) is 18.2 Å². The van der Waals surface area contributed by atoms with Crippen molar-refractivity contribution in [1.29, 1.82) is 5.41 Å². The van der Waals surface area contributed by atoms with Crippen LogP contribution in [0.4, 0.5) is 5.69 Å². The third kappa shape index (κ3) is 6.85. The minimum absolute atomic E-state index is 0.251. The van der Waals surface area contributed by atoms with Crippen LogP contribution in [0.15, 0.2) is 66.7 Å². The SMILES string of the molecule is CN1CCC(Oc2ccc(C(=N)c3cc(C=O)ccc3N)cc2)CC1.CNC1CCCc2ccccc21. The van der Waals surface area contributed by atoms with Crippen LogP contribution in [0, 0.1) is 5.41 Å². The molecule has 0 amide bonds. The molecule has 0 radical (unpaired) electrons. The van der Waals surface area contributed by atoms with Crippen LogP contribution in [0.25, 0.3) is 0 Å². The fourth-order valence-electron chi connectivity index (χ4n) is 5.07. The molecule has 0 aromatic heterocycles. The number of nitrogen functional groups attached to an aromatic ring is 1. The number of anilines is 1. The van der Waals surface area contributed by atoms with Crippen molar-refractivity contribution in [3.8, 4) is 5.75 Å². The average Bonchev–Trinajstić information content (AvgIpc) is 2.94. The molecular formula is C31H38N4O2. The van der Waals surface area contributed by atoms with Gasteiger partial charge in [0, 0.05) is 41.5 Å². The third-order valence-electron chi connectivity index (χ3n) is 7.31. The number of carbonyl (C=O) groups is 1. The Morgan fingerprint density at radius 3 is 2.49 bits per heavy atom. The lowest BCUT2D eigenvalue weighted by Crippen LogP contribution is -2.35. The molecule has 5 rings (SSSR count). The van der Waals surface area contributed by atoms with Gasteiger partial charge in [0.15, 0.2) is 0 Å². The number of piperidine rings is 1. The van der Waals surface area contributed by atoms with Crippen molar-refractivity contribution in [3.05, 3.63) is 94.5 Å². The molecule has 1 atom stereocenters. The maximum absolute atomic E-state index is 11.0. The van der Waals surface area contributed by atoms with Gasteiger partial charge in [-0.15, -0.1) is 0 Å². The van der Waals surface area contributed by atoms with Crippen molar-refractivity contribution in [2.45, 2.75) is 44.2 Å². The van der Waals surface area contributed by atoms with Gasteiger partial charge in [0.1, 0.15) is 18.1 Å². The highest BCUT2D eigenvalue weighted by Gasteiger charge is 2.19. The Labute approximate surface area is 220 Å². The largest absolute Gasteiger partial charge is 0.490 e. The number of fused-ring (bicyclic) bond motifs is 1.